The first-order valence-electron chi connectivity index (χ1n) is 6.35. The molecule has 3 nitrogen and oxygen atoms in total. The molecule has 1 heterocycles. The average Bonchev–Trinajstić information content (AvgIpc) is 2.82. The van der Waals surface area contributed by atoms with E-state index in [1.807, 2.05) is 31.2 Å². The normalized spacial score (nSPS) is 21.4. The summed E-state index contributed by atoms with van der Waals surface area (Å²) in [6, 6.07) is 8.05. The second-order valence-electron chi connectivity index (χ2n) is 4.63. The van der Waals surface area contributed by atoms with Gasteiger partial charge in [0.15, 0.2) is 0 Å². The Labute approximate surface area is 103 Å². The van der Waals surface area contributed by atoms with Gasteiger partial charge in [-0.3, -0.25) is 0 Å². The molecule has 2 atom stereocenters. The lowest BCUT2D eigenvalue weighted by Gasteiger charge is -2.12. The number of benzene rings is 1. The van der Waals surface area contributed by atoms with Gasteiger partial charge in [-0.1, -0.05) is 12.1 Å². The second-order valence-corrected chi connectivity index (χ2v) is 4.63. The maximum atomic E-state index is 5.84. The summed E-state index contributed by atoms with van der Waals surface area (Å²) in [6.07, 6.45) is 3.72. The van der Waals surface area contributed by atoms with E-state index in [1.165, 1.54) is 12.8 Å². The van der Waals surface area contributed by atoms with Gasteiger partial charge in [-0.2, -0.15) is 0 Å². The summed E-state index contributed by atoms with van der Waals surface area (Å²) >= 11 is 0. The zero-order valence-corrected chi connectivity index (χ0v) is 10.4. The molecule has 1 saturated heterocycles. The molecule has 0 bridgehead atoms. The van der Waals surface area contributed by atoms with E-state index in [2.05, 4.69) is 0 Å². The molecule has 1 fully saturated rings. The Bertz CT molecular complexity index is 346. The van der Waals surface area contributed by atoms with Crippen LogP contribution in [0.2, 0.25) is 0 Å². The summed E-state index contributed by atoms with van der Waals surface area (Å²) in [5, 5.41) is 0. The highest BCUT2D eigenvalue weighted by Gasteiger charge is 2.15. The zero-order chi connectivity index (χ0) is 12.1. The second kappa shape index (κ2) is 6.03. The molecular formula is C14H21NO2. The molecule has 0 spiro atoms. The molecule has 3 heteroatoms. The van der Waals surface area contributed by atoms with Gasteiger partial charge in [0.05, 0.1) is 12.7 Å². The lowest BCUT2D eigenvalue weighted by molar-refractivity contribution is 0.0903. The SMILES string of the molecule is CC(N)c1cccc(OCCC2CCCO2)c1. The number of ether oxygens (including phenoxy) is 2. The number of hydrogen-bond acceptors (Lipinski definition) is 3. The van der Waals surface area contributed by atoms with Gasteiger partial charge in [0.1, 0.15) is 5.75 Å². The lowest BCUT2D eigenvalue weighted by atomic mass is 10.1. The fourth-order valence-corrected chi connectivity index (χ4v) is 2.07. The molecule has 0 radical (unpaired) electrons. The van der Waals surface area contributed by atoms with Crippen LogP contribution in [0.4, 0.5) is 0 Å². The number of hydrogen-bond donors (Lipinski definition) is 1. The summed E-state index contributed by atoms with van der Waals surface area (Å²) in [7, 11) is 0. The lowest BCUT2D eigenvalue weighted by Crippen LogP contribution is -2.11. The number of nitrogens with two attached hydrogens (primary N) is 1. The first kappa shape index (κ1) is 12.4. The Balaban J connectivity index is 1.79. The average molecular weight is 235 g/mol. The van der Waals surface area contributed by atoms with Gasteiger partial charge in [-0.25, -0.2) is 0 Å². The molecule has 0 aromatic heterocycles. The fourth-order valence-electron chi connectivity index (χ4n) is 2.07. The topological polar surface area (TPSA) is 44.5 Å². The van der Waals surface area contributed by atoms with Gasteiger partial charge < -0.3 is 15.2 Å². The first-order valence-corrected chi connectivity index (χ1v) is 6.35. The quantitative estimate of drug-likeness (QED) is 0.853. The molecular weight excluding hydrogens is 214 g/mol. The highest BCUT2D eigenvalue weighted by atomic mass is 16.5. The molecule has 1 aromatic rings. The van der Waals surface area contributed by atoms with Crippen molar-refractivity contribution >= 4 is 0 Å². The van der Waals surface area contributed by atoms with Crippen LogP contribution in [0.15, 0.2) is 24.3 Å². The van der Waals surface area contributed by atoms with Crippen LogP contribution in [0.3, 0.4) is 0 Å². The van der Waals surface area contributed by atoms with Crippen molar-refractivity contribution in [3.63, 3.8) is 0 Å². The molecule has 2 N–H and O–H groups in total. The minimum absolute atomic E-state index is 0.0525. The van der Waals surface area contributed by atoms with E-state index in [-0.39, 0.29) is 6.04 Å². The third kappa shape index (κ3) is 3.72. The molecule has 94 valence electrons. The highest BCUT2D eigenvalue weighted by molar-refractivity contribution is 5.30. The van der Waals surface area contributed by atoms with E-state index < -0.39 is 0 Å². The van der Waals surface area contributed by atoms with E-state index in [4.69, 9.17) is 15.2 Å². The Morgan fingerprint density at radius 3 is 3.12 bits per heavy atom. The van der Waals surface area contributed by atoms with Gasteiger partial charge in [0.2, 0.25) is 0 Å². The van der Waals surface area contributed by atoms with Crippen molar-refractivity contribution in [1.82, 2.24) is 0 Å². The molecule has 1 aliphatic rings. The molecule has 0 aliphatic carbocycles. The van der Waals surface area contributed by atoms with E-state index in [9.17, 15) is 0 Å². The van der Waals surface area contributed by atoms with Crippen LogP contribution in [0, 0.1) is 0 Å². The largest absolute Gasteiger partial charge is 0.493 e. The summed E-state index contributed by atoms with van der Waals surface area (Å²) < 4.78 is 11.3. The van der Waals surface area contributed by atoms with Crippen molar-refractivity contribution in [2.75, 3.05) is 13.2 Å². The van der Waals surface area contributed by atoms with E-state index >= 15 is 0 Å². The van der Waals surface area contributed by atoms with Crippen molar-refractivity contribution in [2.24, 2.45) is 5.73 Å². The highest BCUT2D eigenvalue weighted by Crippen LogP contribution is 2.19. The molecule has 0 saturated carbocycles. The van der Waals surface area contributed by atoms with Crippen molar-refractivity contribution in [2.45, 2.75) is 38.3 Å². The van der Waals surface area contributed by atoms with Crippen LogP contribution >= 0.6 is 0 Å². The van der Waals surface area contributed by atoms with Gasteiger partial charge in [0.25, 0.3) is 0 Å². The molecule has 1 aromatic carbocycles. The molecule has 17 heavy (non-hydrogen) atoms. The minimum atomic E-state index is 0.0525. The molecule has 1 aliphatic heterocycles. The van der Waals surface area contributed by atoms with Crippen LogP contribution in [-0.4, -0.2) is 19.3 Å². The summed E-state index contributed by atoms with van der Waals surface area (Å²) in [5.41, 5.74) is 6.95. The maximum absolute atomic E-state index is 5.84. The van der Waals surface area contributed by atoms with E-state index in [1.54, 1.807) is 0 Å². The third-order valence-corrected chi connectivity index (χ3v) is 3.12. The van der Waals surface area contributed by atoms with Crippen molar-refractivity contribution in [3.8, 4) is 5.75 Å². The van der Waals surface area contributed by atoms with Crippen molar-refractivity contribution in [1.29, 1.82) is 0 Å². The maximum Gasteiger partial charge on any atom is 0.119 e. The third-order valence-electron chi connectivity index (χ3n) is 3.12. The van der Waals surface area contributed by atoms with E-state index in [0.29, 0.717) is 12.7 Å². The first-order chi connectivity index (χ1) is 8.25. The molecule has 2 rings (SSSR count). The van der Waals surface area contributed by atoms with Crippen LogP contribution in [-0.2, 0) is 4.74 Å². The van der Waals surface area contributed by atoms with Gasteiger partial charge >= 0.3 is 0 Å². The van der Waals surface area contributed by atoms with Gasteiger partial charge in [-0.15, -0.1) is 0 Å². The van der Waals surface area contributed by atoms with Crippen LogP contribution in [0.1, 0.15) is 37.8 Å². The molecule has 2 unspecified atom stereocenters. The van der Waals surface area contributed by atoms with Gasteiger partial charge in [0, 0.05) is 19.1 Å². The predicted octanol–water partition coefficient (Wildman–Crippen LogP) is 2.65. The summed E-state index contributed by atoms with van der Waals surface area (Å²) in [5.74, 6) is 0.901. The zero-order valence-electron chi connectivity index (χ0n) is 10.4. The Morgan fingerprint density at radius 2 is 2.41 bits per heavy atom. The fraction of sp³-hybridized carbons (Fsp3) is 0.571. The summed E-state index contributed by atoms with van der Waals surface area (Å²) in [6.45, 7) is 3.60. The Hall–Kier alpha value is -1.06. The molecule has 0 amide bonds. The number of rotatable bonds is 5. The van der Waals surface area contributed by atoms with Crippen molar-refractivity contribution < 1.29 is 9.47 Å². The Morgan fingerprint density at radius 1 is 1.53 bits per heavy atom. The van der Waals surface area contributed by atoms with Crippen LogP contribution < -0.4 is 10.5 Å². The Kier molecular flexibility index (Phi) is 4.40. The minimum Gasteiger partial charge on any atom is -0.493 e. The van der Waals surface area contributed by atoms with Crippen molar-refractivity contribution in [3.05, 3.63) is 29.8 Å². The standard InChI is InChI=1S/C14H21NO2/c1-11(15)12-4-2-5-14(10-12)17-9-7-13-6-3-8-16-13/h2,4-5,10-11,13H,3,6-9,15H2,1H3. The van der Waals surface area contributed by atoms with Crippen LogP contribution in [0.5, 0.6) is 5.75 Å². The van der Waals surface area contributed by atoms with E-state index in [0.717, 1.165) is 24.3 Å². The van der Waals surface area contributed by atoms with Gasteiger partial charge in [-0.05, 0) is 37.5 Å². The smallest absolute Gasteiger partial charge is 0.119 e. The summed E-state index contributed by atoms with van der Waals surface area (Å²) in [4.78, 5) is 0. The predicted molar refractivity (Wildman–Crippen MR) is 68.1 cm³/mol. The van der Waals surface area contributed by atoms with Crippen LogP contribution in [0.25, 0.3) is 0 Å². The monoisotopic (exact) mass is 235 g/mol.